The van der Waals surface area contributed by atoms with Gasteiger partial charge in [-0.3, -0.25) is 4.79 Å². The van der Waals surface area contributed by atoms with Crippen molar-refractivity contribution in [1.82, 2.24) is 5.32 Å². The van der Waals surface area contributed by atoms with Crippen LogP contribution >= 0.6 is 0 Å². The third-order valence-electron chi connectivity index (χ3n) is 3.41. The molecule has 0 atom stereocenters. The largest absolute Gasteiger partial charge is 0.350 e. The summed E-state index contributed by atoms with van der Waals surface area (Å²) >= 11 is 0. The lowest BCUT2D eigenvalue weighted by Gasteiger charge is -2.13. The summed E-state index contributed by atoms with van der Waals surface area (Å²) in [4.78, 5) is 12.1. The minimum absolute atomic E-state index is 0.0444. The molecule has 19 heavy (non-hydrogen) atoms. The maximum Gasteiger partial charge on any atom is 0.251 e. The second kappa shape index (κ2) is 7.98. The van der Waals surface area contributed by atoms with Gasteiger partial charge in [0.2, 0.25) is 0 Å². The van der Waals surface area contributed by atoms with Gasteiger partial charge in [0, 0.05) is 11.6 Å². The molecular weight excluding hydrogens is 234 g/mol. The van der Waals surface area contributed by atoms with Crippen LogP contribution in [0.4, 0.5) is 0 Å². The van der Waals surface area contributed by atoms with Gasteiger partial charge in [-0.2, -0.15) is 0 Å². The Bertz CT molecular complexity index is 410. The van der Waals surface area contributed by atoms with Crippen LogP contribution in [0.15, 0.2) is 18.2 Å². The number of rotatable bonds is 7. The van der Waals surface area contributed by atoms with Crippen molar-refractivity contribution in [2.75, 3.05) is 0 Å². The van der Waals surface area contributed by atoms with E-state index >= 15 is 0 Å². The first-order chi connectivity index (χ1) is 9.06. The molecular formula is C17H27NO. The van der Waals surface area contributed by atoms with Crippen LogP contribution < -0.4 is 5.32 Å². The zero-order valence-electron chi connectivity index (χ0n) is 12.8. The standard InChI is InChI=1S/C17H27NO/c1-5-6-7-8-10-15-11-9-12-16(14(15)4)17(19)18-13(2)3/h9,11-13H,5-8,10H2,1-4H3,(H,18,19). The van der Waals surface area contributed by atoms with Gasteiger partial charge in [-0.1, -0.05) is 38.3 Å². The summed E-state index contributed by atoms with van der Waals surface area (Å²) in [5.41, 5.74) is 3.27. The normalized spacial score (nSPS) is 10.8. The Morgan fingerprint density at radius 1 is 1.21 bits per heavy atom. The van der Waals surface area contributed by atoms with Crippen LogP contribution in [-0.4, -0.2) is 11.9 Å². The highest BCUT2D eigenvalue weighted by Crippen LogP contribution is 2.17. The predicted octanol–water partition coefficient (Wildman–Crippen LogP) is 4.26. The number of amides is 1. The molecule has 0 aromatic heterocycles. The maximum atomic E-state index is 12.1. The quantitative estimate of drug-likeness (QED) is 0.730. The average molecular weight is 261 g/mol. The molecule has 0 radical (unpaired) electrons. The van der Waals surface area contributed by atoms with Gasteiger partial charge in [-0.25, -0.2) is 0 Å². The van der Waals surface area contributed by atoms with E-state index in [9.17, 15) is 4.79 Å². The number of carbonyl (C=O) groups excluding carboxylic acids is 1. The highest BCUT2D eigenvalue weighted by molar-refractivity contribution is 5.96. The smallest absolute Gasteiger partial charge is 0.251 e. The first-order valence-electron chi connectivity index (χ1n) is 7.45. The first-order valence-corrected chi connectivity index (χ1v) is 7.45. The fraction of sp³-hybridized carbons (Fsp3) is 0.588. The lowest BCUT2D eigenvalue weighted by molar-refractivity contribution is 0.0942. The minimum atomic E-state index is 0.0444. The lowest BCUT2D eigenvalue weighted by atomic mass is 9.97. The van der Waals surface area contributed by atoms with Gasteiger partial charge in [0.05, 0.1) is 0 Å². The summed E-state index contributed by atoms with van der Waals surface area (Å²) in [5.74, 6) is 0.0444. The van der Waals surface area contributed by atoms with Crippen molar-refractivity contribution in [2.24, 2.45) is 0 Å². The molecule has 2 heteroatoms. The van der Waals surface area contributed by atoms with Gasteiger partial charge >= 0.3 is 0 Å². The summed E-state index contributed by atoms with van der Waals surface area (Å²) in [6, 6.07) is 6.24. The number of unbranched alkanes of at least 4 members (excludes halogenated alkanes) is 3. The van der Waals surface area contributed by atoms with E-state index in [2.05, 4.69) is 25.2 Å². The summed E-state index contributed by atoms with van der Waals surface area (Å²) in [6.07, 6.45) is 6.12. The molecule has 1 N–H and O–H groups in total. The molecule has 0 bridgehead atoms. The average Bonchev–Trinajstić information content (AvgIpc) is 2.35. The number of carbonyl (C=O) groups is 1. The first kappa shape index (κ1) is 15.7. The molecule has 0 spiro atoms. The van der Waals surface area contributed by atoms with Gasteiger partial charge < -0.3 is 5.32 Å². The zero-order valence-corrected chi connectivity index (χ0v) is 12.8. The van der Waals surface area contributed by atoms with E-state index < -0.39 is 0 Å². The lowest BCUT2D eigenvalue weighted by Crippen LogP contribution is -2.30. The molecule has 106 valence electrons. The Morgan fingerprint density at radius 2 is 1.95 bits per heavy atom. The molecule has 0 heterocycles. The molecule has 0 aliphatic carbocycles. The molecule has 0 saturated heterocycles. The SMILES string of the molecule is CCCCCCc1cccc(C(=O)NC(C)C)c1C. The second-order valence-corrected chi connectivity index (χ2v) is 5.53. The number of nitrogens with one attached hydrogen (secondary N) is 1. The van der Waals surface area contributed by atoms with Crippen LogP contribution in [0, 0.1) is 6.92 Å². The number of hydrogen-bond donors (Lipinski definition) is 1. The van der Waals surface area contributed by atoms with Crippen molar-refractivity contribution < 1.29 is 4.79 Å². The molecule has 0 saturated carbocycles. The number of hydrogen-bond acceptors (Lipinski definition) is 1. The van der Waals surface area contributed by atoms with Crippen LogP contribution in [0.25, 0.3) is 0 Å². The molecule has 0 aliphatic heterocycles. The fourth-order valence-corrected chi connectivity index (χ4v) is 2.28. The van der Waals surface area contributed by atoms with Crippen LogP contribution in [0.2, 0.25) is 0 Å². The predicted molar refractivity (Wildman–Crippen MR) is 81.6 cm³/mol. The Labute approximate surface area is 117 Å². The van der Waals surface area contributed by atoms with Gasteiger partial charge in [0.25, 0.3) is 5.91 Å². The second-order valence-electron chi connectivity index (χ2n) is 5.53. The Balaban J connectivity index is 2.71. The maximum absolute atomic E-state index is 12.1. The van der Waals surface area contributed by atoms with E-state index in [-0.39, 0.29) is 11.9 Å². The van der Waals surface area contributed by atoms with Crippen molar-refractivity contribution in [1.29, 1.82) is 0 Å². The van der Waals surface area contributed by atoms with Gasteiger partial charge in [0.1, 0.15) is 0 Å². The van der Waals surface area contributed by atoms with Crippen LogP contribution in [0.1, 0.15) is 67.9 Å². The minimum Gasteiger partial charge on any atom is -0.350 e. The third kappa shape index (κ3) is 5.06. The molecule has 1 rings (SSSR count). The Morgan fingerprint density at radius 3 is 2.58 bits per heavy atom. The van der Waals surface area contributed by atoms with E-state index in [0.29, 0.717) is 0 Å². The number of benzene rings is 1. The zero-order chi connectivity index (χ0) is 14.3. The number of aryl methyl sites for hydroxylation is 1. The van der Waals surface area contributed by atoms with Crippen molar-refractivity contribution in [3.05, 3.63) is 34.9 Å². The molecule has 1 amide bonds. The summed E-state index contributed by atoms with van der Waals surface area (Å²) in [6.45, 7) is 8.26. The van der Waals surface area contributed by atoms with E-state index in [1.165, 1.54) is 31.2 Å². The van der Waals surface area contributed by atoms with Crippen LogP contribution in [0.5, 0.6) is 0 Å². The topological polar surface area (TPSA) is 29.1 Å². The monoisotopic (exact) mass is 261 g/mol. The summed E-state index contributed by atoms with van der Waals surface area (Å²) < 4.78 is 0. The Hall–Kier alpha value is -1.31. The van der Waals surface area contributed by atoms with Crippen molar-refractivity contribution >= 4 is 5.91 Å². The van der Waals surface area contributed by atoms with Crippen molar-refractivity contribution in [3.8, 4) is 0 Å². The molecule has 1 aromatic rings. The Kier molecular flexibility index (Phi) is 6.61. The molecule has 0 fully saturated rings. The van der Waals surface area contributed by atoms with E-state index in [4.69, 9.17) is 0 Å². The van der Waals surface area contributed by atoms with E-state index in [1.54, 1.807) is 0 Å². The van der Waals surface area contributed by atoms with E-state index in [0.717, 1.165) is 17.5 Å². The molecule has 2 nitrogen and oxygen atoms in total. The highest BCUT2D eigenvalue weighted by atomic mass is 16.1. The molecule has 1 aromatic carbocycles. The molecule has 0 aliphatic rings. The summed E-state index contributed by atoms with van der Waals surface area (Å²) in [5, 5.41) is 2.96. The van der Waals surface area contributed by atoms with Gasteiger partial charge in [-0.05, 0) is 50.8 Å². The van der Waals surface area contributed by atoms with Crippen LogP contribution in [0.3, 0.4) is 0 Å². The summed E-state index contributed by atoms with van der Waals surface area (Å²) in [7, 11) is 0. The van der Waals surface area contributed by atoms with Gasteiger partial charge in [-0.15, -0.1) is 0 Å². The van der Waals surface area contributed by atoms with Crippen molar-refractivity contribution in [2.45, 2.75) is 65.8 Å². The van der Waals surface area contributed by atoms with Crippen LogP contribution in [-0.2, 0) is 6.42 Å². The van der Waals surface area contributed by atoms with Crippen molar-refractivity contribution in [3.63, 3.8) is 0 Å². The third-order valence-corrected chi connectivity index (χ3v) is 3.41. The highest BCUT2D eigenvalue weighted by Gasteiger charge is 2.11. The molecule has 0 unspecified atom stereocenters. The van der Waals surface area contributed by atoms with E-state index in [1.807, 2.05) is 26.0 Å². The fourth-order valence-electron chi connectivity index (χ4n) is 2.28. The van der Waals surface area contributed by atoms with Gasteiger partial charge in [0.15, 0.2) is 0 Å².